The van der Waals surface area contributed by atoms with Crippen molar-refractivity contribution in [1.82, 2.24) is 10.0 Å². The van der Waals surface area contributed by atoms with Crippen molar-refractivity contribution in [1.29, 1.82) is 0 Å². The number of amides is 1. The van der Waals surface area contributed by atoms with Crippen LogP contribution in [0.1, 0.15) is 26.2 Å². The van der Waals surface area contributed by atoms with Gasteiger partial charge in [-0.15, -0.1) is 0 Å². The van der Waals surface area contributed by atoms with Gasteiger partial charge in [0, 0.05) is 13.0 Å². The molecule has 8 heteroatoms. The van der Waals surface area contributed by atoms with Crippen LogP contribution in [0.4, 0.5) is 0 Å². The van der Waals surface area contributed by atoms with Crippen LogP contribution in [0.2, 0.25) is 0 Å². The fraction of sp³-hybridized carbons (Fsp3) is 0.800. The van der Waals surface area contributed by atoms with Gasteiger partial charge in [0.15, 0.2) is 0 Å². The van der Waals surface area contributed by atoms with Crippen molar-refractivity contribution < 1.29 is 22.7 Å². The Kier molecular flexibility index (Phi) is 8.30. The SMILES string of the molecule is CCCNC(=O)CNS(=O)(=O)CCCC(=O)OC. The number of methoxy groups -OCH3 is 1. The largest absolute Gasteiger partial charge is 0.469 e. The molecule has 0 unspecified atom stereocenters. The lowest BCUT2D eigenvalue weighted by Crippen LogP contribution is -2.38. The zero-order valence-electron chi connectivity index (χ0n) is 10.7. The fourth-order valence-corrected chi connectivity index (χ4v) is 2.10. The standard InChI is InChI=1S/C10H20N2O5S/c1-3-6-11-9(13)8-12-18(15,16)7-4-5-10(14)17-2/h12H,3-8H2,1-2H3,(H,11,13). The van der Waals surface area contributed by atoms with Gasteiger partial charge >= 0.3 is 5.97 Å². The van der Waals surface area contributed by atoms with Crippen LogP contribution in [0, 0.1) is 0 Å². The van der Waals surface area contributed by atoms with Gasteiger partial charge in [-0.05, 0) is 12.8 Å². The van der Waals surface area contributed by atoms with Crippen LogP contribution in [0.15, 0.2) is 0 Å². The second-order valence-electron chi connectivity index (χ2n) is 3.67. The smallest absolute Gasteiger partial charge is 0.305 e. The molecular weight excluding hydrogens is 260 g/mol. The topological polar surface area (TPSA) is 102 Å². The molecule has 1 amide bonds. The molecule has 0 heterocycles. The maximum atomic E-state index is 11.4. The van der Waals surface area contributed by atoms with Crippen molar-refractivity contribution in [2.45, 2.75) is 26.2 Å². The summed E-state index contributed by atoms with van der Waals surface area (Å²) in [5.41, 5.74) is 0. The first-order valence-electron chi connectivity index (χ1n) is 5.72. The van der Waals surface area contributed by atoms with E-state index in [1.165, 1.54) is 7.11 Å². The lowest BCUT2D eigenvalue weighted by atomic mass is 10.3. The first kappa shape index (κ1) is 16.9. The summed E-state index contributed by atoms with van der Waals surface area (Å²) in [7, 11) is -2.28. The van der Waals surface area contributed by atoms with Gasteiger partial charge in [-0.25, -0.2) is 13.1 Å². The molecule has 0 fully saturated rings. The van der Waals surface area contributed by atoms with E-state index in [9.17, 15) is 18.0 Å². The van der Waals surface area contributed by atoms with E-state index in [2.05, 4.69) is 14.8 Å². The van der Waals surface area contributed by atoms with E-state index in [1.54, 1.807) is 0 Å². The molecule has 0 atom stereocenters. The molecule has 106 valence electrons. The Morgan fingerprint density at radius 1 is 1.28 bits per heavy atom. The first-order valence-corrected chi connectivity index (χ1v) is 7.37. The van der Waals surface area contributed by atoms with Crippen molar-refractivity contribution in [2.24, 2.45) is 0 Å². The summed E-state index contributed by atoms with van der Waals surface area (Å²) in [6.45, 7) is 2.14. The molecule has 0 aliphatic rings. The van der Waals surface area contributed by atoms with Crippen molar-refractivity contribution in [3.63, 3.8) is 0 Å². The predicted octanol–water partition coefficient (Wildman–Crippen LogP) is -0.615. The average Bonchev–Trinajstić information content (AvgIpc) is 2.33. The third kappa shape index (κ3) is 8.94. The molecule has 0 radical (unpaired) electrons. The Balaban J connectivity index is 3.87. The second-order valence-corrected chi connectivity index (χ2v) is 5.60. The number of nitrogens with one attached hydrogen (secondary N) is 2. The normalized spacial score (nSPS) is 11.0. The summed E-state index contributed by atoms with van der Waals surface area (Å²) in [4.78, 5) is 21.9. The Hall–Kier alpha value is -1.15. The molecule has 0 aromatic rings. The highest BCUT2D eigenvalue weighted by Crippen LogP contribution is 1.96. The zero-order chi connectivity index (χ0) is 14.0. The first-order chi connectivity index (χ1) is 8.41. The third-order valence-corrected chi connectivity index (χ3v) is 3.46. The van der Waals surface area contributed by atoms with Gasteiger partial charge in [-0.1, -0.05) is 6.92 Å². The van der Waals surface area contributed by atoms with Gasteiger partial charge in [-0.2, -0.15) is 0 Å². The zero-order valence-corrected chi connectivity index (χ0v) is 11.5. The molecule has 18 heavy (non-hydrogen) atoms. The Labute approximate surface area is 107 Å². The molecule has 0 spiro atoms. The number of sulfonamides is 1. The number of hydrogen-bond donors (Lipinski definition) is 2. The van der Waals surface area contributed by atoms with Crippen LogP contribution < -0.4 is 10.0 Å². The Morgan fingerprint density at radius 3 is 2.50 bits per heavy atom. The van der Waals surface area contributed by atoms with Crippen LogP contribution >= 0.6 is 0 Å². The van der Waals surface area contributed by atoms with Crippen molar-refractivity contribution in [3.8, 4) is 0 Å². The summed E-state index contributed by atoms with van der Waals surface area (Å²) in [5, 5.41) is 2.55. The molecular formula is C10H20N2O5S. The van der Waals surface area contributed by atoms with Gasteiger partial charge in [0.05, 0.1) is 19.4 Å². The van der Waals surface area contributed by atoms with Crippen LogP contribution in [-0.4, -0.2) is 46.2 Å². The summed E-state index contributed by atoms with van der Waals surface area (Å²) >= 11 is 0. The number of esters is 1. The van der Waals surface area contributed by atoms with E-state index in [1.807, 2.05) is 6.92 Å². The number of carbonyl (C=O) groups excluding carboxylic acids is 2. The van der Waals surface area contributed by atoms with E-state index in [0.717, 1.165) is 6.42 Å². The lowest BCUT2D eigenvalue weighted by molar-refractivity contribution is -0.140. The maximum absolute atomic E-state index is 11.4. The molecule has 0 rings (SSSR count). The van der Waals surface area contributed by atoms with Crippen molar-refractivity contribution in [2.75, 3.05) is 26.0 Å². The second kappa shape index (κ2) is 8.87. The van der Waals surface area contributed by atoms with Crippen molar-refractivity contribution >= 4 is 21.9 Å². The van der Waals surface area contributed by atoms with Crippen LogP contribution in [0.25, 0.3) is 0 Å². The summed E-state index contributed by atoms with van der Waals surface area (Å²) in [6, 6.07) is 0. The van der Waals surface area contributed by atoms with Gasteiger partial charge in [0.2, 0.25) is 15.9 Å². The van der Waals surface area contributed by atoms with E-state index in [-0.39, 0.29) is 31.0 Å². The molecule has 0 saturated heterocycles. The molecule has 2 N–H and O–H groups in total. The molecule has 0 aromatic carbocycles. The van der Waals surface area contributed by atoms with E-state index in [0.29, 0.717) is 6.54 Å². The molecule has 0 aliphatic heterocycles. The quantitative estimate of drug-likeness (QED) is 0.548. The minimum atomic E-state index is -3.52. The average molecular weight is 280 g/mol. The van der Waals surface area contributed by atoms with E-state index >= 15 is 0 Å². The molecule has 0 aliphatic carbocycles. The maximum Gasteiger partial charge on any atom is 0.305 e. The number of carbonyl (C=O) groups is 2. The van der Waals surface area contributed by atoms with Gasteiger partial charge in [0.1, 0.15) is 0 Å². The fourth-order valence-electron chi connectivity index (χ4n) is 1.08. The van der Waals surface area contributed by atoms with E-state index < -0.39 is 16.0 Å². The minimum absolute atomic E-state index is 0.0411. The van der Waals surface area contributed by atoms with Crippen LogP contribution in [-0.2, 0) is 24.3 Å². The summed E-state index contributed by atoms with van der Waals surface area (Å²) in [5.74, 6) is -1.03. The molecule has 0 saturated carbocycles. The summed E-state index contributed by atoms with van der Waals surface area (Å²) < 4.78 is 29.4. The van der Waals surface area contributed by atoms with Gasteiger partial charge < -0.3 is 10.1 Å². The van der Waals surface area contributed by atoms with Gasteiger partial charge in [0.25, 0.3) is 0 Å². The lowest BCUT2D eigenvalue weighted by Gasteiger charge is -2.06. The third-order valence-electron chi connectivity index (χ3n) is 2.05. The van der Waals surface area contributed by atoms with Crippen molar-refractivity contribution in [3.05, 3.63) is 0 Å². The Bertz CT molecular complexity index is 366. The number of hydrogen-bond acceptors (Lipinski definition) is 5. The predicted molar refractivity (Wildman–Crippen MR) is 66.3 cm³/mol. The summed E-state index contributed by atoms with van der Waals surface area (Å²) in [6.07, 6.45) is 0.996. The Morgan fingerprint density at radius 2 is 1.94 bits per heavy atom. The molecule has 7 nitrogen and oxygen atoms in total. The van der Waals surface area contributed by atoms with Gasteiger partial charge in [-0.3, -0.25) is 9.59 Å². The molecule has 0 bridgehead atoms. The number of ether oxygens (including phenoxy) is 1. The highest BCUT2D eigenvalue weighted by atomic mass is 32.2. The molecule has 0 aromatic heterocycles. The highest BCUT2D eigenvalue weighted by molar-refractivity contribution is 7.89. The van der Waals surface area contributed by atoms with Crippen LogP contribution in [0.3, 0.4) is 0 Å². The monoisotopic (exact) mass is 280 g/mol. The number of rotatable bonds is 9. The van der Waals surface area contributed by atoms with E-state index in [4.69, 9.17) is 0 Å². The van der Waals surface area contributed by atoms with Crippen LogP contribution in [0.5, 0.6) is 0 Å². The minimum Gasteiger partial charge on any atom is -0.469 e. The highest BCUT2D eigenvalue weighted by Gasteiger charge is 2.13.